The molecule has 0 aromatic heterocycles. The quantitative estimate of drug-likeness (QED) is 0.533. The zero-order chi connectivity index (χ0) is 19.7. The lowest BCUT2D eigenvalue weighted by atomic mass is 10.1. The molecule has 0 saturated carbocycles. The van der Waals surface area contributed by atoms with Crippen LogP contribution in [0.15, 0.2) is 48.5 Å². The summed E-state index contributed by atoms with van der Waals surface area (Å²) < 4.78 is 5.80. The molecular weight excluding hydrogens is 376 g/mol. The van der Waals surface area contributed by atoms with E-state index < -0.39 is 6.10 Å². The first-order valence-corrected chi connectivity index (χ1v) is 10.3. The van der Waals surface area contributed by atoms with Crippen LogP contribution >= 0.6 is 15.9 Å². The van der Waals surface area contributed by atoms with E-state index in [1.165, 1.54) is 0 Å². The zero-order valence-electron chi connectivity index (χ0n) is 16.8. The van der Waals surface area contributed by atoms with E-state index in [0.29, 0.717) is 11.9 Å². The van der Waals surface area contributed by atoms with Crippen LogP contribution in [0, 0.1) is 6.92 Å². The van der Waals surface area contributed by atoms with Gasteiger partial charge in [-0.1, -0.05) is 93.9 Å². The maximum absolute atomic E-state index is 9.76. The minimum atomic E-state index is -0.470. The van der Waals surface area contributed by atoms with Crippen molar-refractivity contribution in [3.05, 3.63) is 65.2 Å². The highest BCUT2D eigenvalue weighted by Gasteiger charge is 2.08. The molecule has 0 fully saturated rings. The molecule has 25 heavy (non-hydrogen) atoms. The Labute approximate surface area is 163 Å². The predicted octanol–water partition coefficient (Wildman–Crippen LogP) is 7.08. The average Bonchev–Trinajstić information content (AvgIpc) is 2.71. The molecule has 0 heterocycles. The van der Waals surface area contributed by atoms with Gasteiger partial charge in [-0.15, -0.1) is 0 Å². The van der Waals surface area contributed by atoms with E-state index in [1.54, 1.807) is 0 Å². The Bertz CT molecular complexity index is 527. The van der Waals surface area contributed by atoms with E-state index >= 15 is 0 Å². The van der Waals surface area contributed by atoms with Crippen LogP contribution in [-0.2, 0) is 6.61 Å². The van der Waals surface area contributed by atoms with Crippen LogP contribution in [0.25, 0.3) is 0 Å². The molecule has 142 valence electrons. The topological polar surface area (TPSA) is 29.5 Å². The number of hydrogen-bond donors (Lipinski definition) is 1. The smallest absolute Gasteiger partial charge is 0.122 e. The largest absolute Gasteiger partial charge is 0.489 e. The first-order valence-electron chi connectivity index (χ1n) is 9.22. The van der Waals surface area contributed by atoms with Crippen LogP contribution in [-0.4, -0.2) is 10.4 Å². The zero-order valence-corrected chi connectivity index (χ0v) is 18.4. The standard InChI is InChI=1S/C16H17BrO2.3C2H6/c1-12-9-14(15(18)10-17)7-8-16(12)19-11-13-5-3-2-4-6-13;3*1-2/h2-9,15,18H,10-11H2,1H3;3*1-2H3/t15-;;;/m0.../s1. The molecule has 0 saturated heterocycles. The number of ether oxygens (including phenoxy) is 1. The van der Waals surface area contributed by atoms with Crippen molar-refractivity contribution in [3.8, 4) is 5.75 Å². The summed E-state index contributed by atoms with van der Waals surface area (Å²) in [6, 6.07) is 15.9. The fourth-order valence-electron chi connectivity index (χ4n) is 1.87. The molecule has 2 aromatic rings. The number of rotatable bonds is 5. The first-order chi connectivity index (χ1) is 12.2. The Balaban J connectivity index is 0. The van der Waals surface area contributed by atoms with Crippen molar-refractivity contribution in [2.75, 3.05) is 5.33 Å². The average molecular weight is 411 g/mol. The third-order valence-corrected chi connectivity index (χ3v) is 3.58. The number of halogens is 1. The molecular formula is C22H35BrO2. The second-order valence-corrected chi connectivity index (χ2v) is 5.12. The third-order valence-electron chi connectivity index (χ3n) is 2.97. The van der Waals surface area contributed by atoms with E-state index in [0.717, 1.165) is 22.4 Å². The van der Waals surface area contributed by atoms with Crippen LogP contribution in [0.1, 0.15) is 64.3 Å². The number of aryl methyl sites for hydroxylation is 1. The summed E-state index contributed by atoms with van der Waals surface area (Å²) in [6.07, 6.45) is -0.470. The fraction of sp³-hybridized carbons (Fsp3) is 0.455. The number of hydrogen-bond acceptors (Lipinski definition) is 2. The minimum Gasteiger partial charge on any atom is -0.489 e. The Morgan fingerprint density at radius 2 is 1.48 bits per heavy atom. The molecule has 0 radical (unpaired) electrons. The molecule has 3 heteroatoms. The predicted molar refractivity (Wildman–Crippen MR) is 115 cm³/mol. The van der Waals surface area contributed by atoms with Crippen molar-refractivity contribution in [2.45, 2.75) is 61.2 Å². The highest BCUT2D eigenvalue weighted by Crippen LogP contribution is 2.24. The fourth-order valence-corrected chi connectivity index (χ4v) is 2.24. The number of benzene rings is 2. The van der Waals surface area contributed by atoms with Gasteiger partial charge >= 0.3 is 0 Å². The van der Waals surface area contributed by atoms with Crippen molar-refractivity contribution >= 4 is 15.9 Å². The molecule has 0 aliphatic heterocycles. The molecule has 0 amide bonds. The van der Waals surface area contributed by atoms with Gasteiger partial charge in [-0.25, -0.2) is 0 Å². The molecule has 1 N–H and O–H groups in total. The lowest BCUT2D eigenvalue weighted by Gasteiger charge is -2.13. The number of aliphatic hydroxyl groups excluding tert-OH is 1. The van der Waals surface area contributed by atoms with Crippen molar-refractivity contribution in [2.24, 2.45) is 0 Å². The Kier molecular flexibility index (Phi) is 18.1. The van der Waals surface area contributed by atoms with Gasteiger partial charge in [0.15, 0.2) is 0 Å². The first kappa shape index (κ1) is 25.9. The molecule has 2 aromatic carbocycles. The summed E-state index contributed by atoms with van der Waals surface area (Å²) in [6.45, 7) is 14.5. The van der Waals surface area contributed by atoms with Crippen LogP contribution in [0.4, 0.5) is 0 Å². The molecule has 0 bridgehead atoms. The SMILES string of the molecule is CC.CC.CC.Cc1cc([C@@H](O)CBr)ccc1OCc1ccccc1. The number of aliphatic hydroxyl groups is 1. The summed E-state index contributed by atoms with van der Waals surface area (Å²) in [5.74, 6) is 0.856. The van der Waals surface area contributed by atoms with E-state index in [4.69, 9.17) is 4.74 Å². The minimum absolute atomic E-state index is 0.470. The Hall–Kier alpha value is -1.32. The normalized spacial score (nSPS) is 9.96. The summed E-state index contributed by atoms with van der Waals surface area (Å²) in [4.78, 5) is 0. The Morgan fingerprint density at radius 1 is 0.920 bits per heavy atom. The molecule has 0 aliphatic rings. The van der Waals surface area contributed by atoms with Gasteiger partial charge in [-0.2, -0.15) is 0 Å². The molecule has 0 unspecified atom stereocenters. The monoisotopic (exact) mass is 410 g/mol. The summed E-state index contributed by atoms with van der Waals surface area (Å²) in [5.41, 5.74) is 3.08. The van der Waals surface area contributed by atoms with Gasteiger partial charge in [0.05, 0.1) is 6.10 Å². The number of alkyl halides is 1. The molecule has 1 atom stereocenters. The Morgan fingerprint density at radius 3 is 1.96 bits per heavy atom. The molecule has 0 spiro atoms. The lowest BCUT2D eigenvalue weighted by molar-refractivity contribution is 0.205. The van der Waals surface area contributed by atoms with Crippen molar-refractivity contribution < 1.29 is 9.84 Å². The summed E-state index contributed by atoms with van der Waals surface area (Å²) in [7, 11) is 0. The van der Waals surface area contributed by atoms with Gasteiger partial charge in [-0.3, -0.25) is 0 Å². The highest BCUT2D eigenvalue weighted by molar-refractivity contribution is 9.09. The molecule has 2 rings (SSSR count). The van der Waals surface area contributed by atoms with Crippen LogP contribution < -0.4 is 4.74 Å². The van der Waals surface area contributed by atoms with E-state index in [9.17, 15) is 5.11 Å². The van der Waals surface area contributed by atoms with Gasteiger partial charge in [0.25, 0.3) is 0 Å². The summed E-state index contributed by atoms with van der Waals surface area (Å²) >= 11 is 3.27. The lowest BCUT2D eigenvalue weighted by Crippen LogP contribution is -2.01. The van der Waals surface area contributed by atoms with Gasteiger partial charge < -0.3 is 9.84 Å². The highest BCUT2D eigenvalue weighted by atomic mass is 79.9. The second-order valence-electron chi connectivity index (χ2n) is 4.47. The van der Waals surface area contributed by atoms with E-state index in [1.807, 2.05) is 97.0 Å². The van der Waals surface area contributed by atoms with Crippen LogP contribution in [0.3, 0.4) is 0 Å². The van der Waals surface area contributed by atoms with E-state index in [2.05, 4.69) is 15.9 Å². The maximum atomic E-state index is 9.76. The molecule has 2 nitrogen and oxygen atoms in total. The van der Waals surface area contributed by atoms with Gasteiger partial charge in [0.2, 0.25) is 0 Å². The van der Waals surface area contributed by atoms with Gasteiger partial charge in [0.1, 0.15) is 12.4 Å². The van der Waals surface area contributed by atoms with Crippen LogP contribution in [0.2, 0.25) is 0 Å². The third kappa shape index (κ3) is 10.3. The second kappa shape index (κ2) is 17.5. The van der Waals surface area contributed by atoms with Crippen molar-refractivity contribution in [1.82, 2.24) is 0 Å². The van der Waals surface area contributed by atoms with Gasteiger partial charge in [0, 0.05) is 5.33 Å². The maximum Gasteiger partial charge on any atom is 0.122 e. The summed E-state index contributed by atoms with van der Waals surface area (Å²) in [5, 5.41) is 10.3. The van der Waals surface area contributed by atoms with E-state index in [-0.39, 0.29) is 0 Å². The van der Waals surface area contributed by atoms with Crippen LogP contribution in [0.5, 0.6) is 5.75 Å². The molecule has 0 aliphatic carbocycles. The van der Waals surface area contributed by atoms with Crippen molar-refractivity contribution in [1.29, 1.82) is 0 Å². The van der Waals surface area contributed by atoms with Crippen molar-refractivity contribution in [3.63, 3.8) is 0 Å². The van der Waals surface area contributed by atoms with Gasteiger partial charge in [-0.05, 0) is 35.7 Å².